The predicted molar refractivity (Wildman–Crippen MR) is 74.6 cm³/mol. The number of hydrogen-bond acceptors (Lipinski definition) is 4. The highest BCUT2D eigenvalue weighted by molar-refractivity contribution is 6.31. The summed E-state index contributed by atoms with van der Waals surface area (Å²) in [7, 11) is 2.95. The Kier molecular flexibility index (Phi) is 4.91. The minimum atomic E-state index is -0.757. The second-order valence-electron chi connectivity index (χ2n) is 4.51. The lowest BCUT2D eigenvalue weighted by molar-refractivity contribution is -0.121. The zero-order chi connectivity index (χ0) is 14.6. The molecule has 0 atom stereocenters. The van der Waals surface area contributed by atoms with Crippen LogP contribution in [-0.4, -0.2) is 31.6 Å². The summed E-state index contributed by atoms with van der Waals surface area (Å²) >= 11 is 5.84. The Labute approximate surface area is 117 Å². The first-order chi connectivity index (χ1) is 8.81. The third kappa shape index (κ3) is 3.68. The van der Waals surface area contributed by atoms with Crippen LogP contribution >= 0.6 is 11.6 Å². The van der Waals surface area contributed by atoms with Gasteiger partial charge in [-0.05, 0) is 39.1 Å². The van der Waals surface area contributed by atoms with Gasteiger partial charge in [0.2, 0.25) is 5.91 Å². The van der Waals surface area contributed by atoms with Crippen LogP contribution in [0, 0.1) is 0 Å². The van der Waals surface area contributed by atoms with Crippen molar-refractivity contribution in [2.24, 2.45) is 0 Å². The molecule has 0 saturated heterocycles. The smallest absolute Gasteiger partial charge is 0.340 e. The standard InChI is InChI=1S/C13H17ClN2O3/c1-13(2,15-3)12(18)16-10-6-5-8(14)7-9(10)11(17)19-4/h5-7,15H,1-4H3,(H,16,18). The topological polar surface area (TPSA) is 67.4 Å². The van der Waals surface area contributed by atoms with Gasteiger partial charge >= 0.3 is 5.97 Å². The summed E-state index contributed by atoms with van der Waals surface area (Å²) < 4.78 is 4.66. The summed E-state index contributed by atoms with van der Waals surface area (Å²) in [6.07, 6.45) is 0. The molecule has 104 valence electrons. The fourth-order valence-electron chi connectivity index (χ4n) is 1.30. The first kappa shape index (κ1) is 15.5. The van der Waals surface area contributed by atoms with Gasteiger partial charge in [0.1, 0.15) is 0 Å². The Bertz CT molecular complexity index is 501. The normalized spacial score (nSPS) is 11.0. The van der Waals surface area contributed by atoms with Crippen LogP contribution in [0.1, 0.15) is 24.2 Å². The molecule has 0 heterocycles. The van der Waals surface area contributed by atoms with Crippen LogP contribution in [0.15, 0.2) is 18.2 Å². The van der Waals surface area contributed by atoms with Crippen LogP contribution in [0.5, 0.6) is 0 Å². The van der Waals surface area contributed by atoms with Crippen molar-refractivity contribution < 1.29 is 14.3 Å². The molecule has 1 aromatic rings. The van der Waals surface area contributed by atoms with Gasteiger partial charge < -0.3 is 15.4 Å². The molecule has 0 radical (unpaired) electrons. The number of benzene rings is 1. The Morgan fingerprint density at radius 2 is 1.95 bits per heavy atom. The van der Waals surface area contributed by atoms with E-state index in [4.69, 9.17) is 11.6 Å². The summed E-state index contributed by atoms with van der Waals surface area (Å²) in [5.41, 5.74) is -0.174. The number of carbonyl (C=O) groups excluding carboxylic acids is 2. The lowest BCUT2D eigenvalue weighted by Gasteiger charge is -2.23. The number of hydrogen-bond donors (Lipinski definition) is 2. The van der Waals surface area contributed by atoms with Crippen LogP contribution in [-0.2, 0) is 9.53 Å². The molecule has 0 aliphatic heterocycles. The van der Waals surface area contributed by atoms with Crippen molar-refractivity contribution in [2.75, 3.05) is 19.5 Å². The summed E-state index contributed by atoms with van der Waals surface area (Å²) in [6, 6.07) is 4.61. The summed E-state index contributed by atoms with van der Waals surface area (Å²) in [5, 5.41) is 5.96. The van der Waals surface area contributed by atoms with E-state index in [0.717, 1.165) is 0 Å². The average molecular weight is 285 g/mol. The van der Waals surface area contributed by atoms with Crippen molar-refractivity contribution in [3.63, 3.8) is 0 Å². The van der Waals surface area contributed by atoms with Gasteiger partial charge in [0.15, 0.2) is 0 Å². The van der Waals surface area contributed by atoms with Gasteiger partial charge in [-0.2, -0.15) is 0 Å². The highest BCUT2D eigenvalue weighted by Crippen LogP contribution is 2.22. The number of halogens is 1. The Morgan fingerprint density at radius 3 is 2.47 bits per heavy atom. The van der Waals surface area contributed by atoms with Crippen LogP contribution < -0.4 is 10.6 Å². The molecule has 0 unspecified atom stereocenters. The van der Waals surface area contributed by atoms with E-state index in [9.17, 15) is 9.59 Å². The third-order valence-corrected chi connectivity index (χ3v) is 3.06. The molecule has 6 heteroatoms. The Morgan fingerprint density at radius 1 is 1.32 bits per heavy atom. The predicted octanol–water partition coefficient (Wildman–Crippen LogP) is 2.06. The molecule has 0 spiro atoms. The molecule has 0 aliphatic carbocycles. The lowest BCUT2D eigenvalue weighted by atomic mass is 10.0. The number of rotatable bonds is 4. The molecule has 1 aromatic carbocycles. The van der Waals surface area contributed by atoms with E-state index in [2.05, 4.69) is 15.4 Å². The van der Waals surface area contributed by atoms with E-state index in [1.54, 1.807) is 33.0 Å². The third-order valence-electron chi connectivity index (χ3n) is 2.83. The van der Waals surface area contributed by atoms with Gasteiger partial charge in [-0.15, -0.1) is 0 Å². The van der Waals surface area contributed by atoms with Crippen molar-refractivity contribution in [2.45, 2.75) is 19.4 Å². The van der Waals surface area contributed by atoms with Gasteiger partial charge in [-0.1, -0.05) is 11.6 Å². The number of amides is 1. The number of carbonyl (C=O) groups is 2. The first-order valence-corrected chi connectivity index (χ1v) is 6.08. The maximum Gasteiger partial charge on any atom is 0.340 e. The van der Waals surface area contributed by atoms with E-state index in [0.29, 0.717) is 10.7 Å². The minimum Gasteiger partial charge on any atom is -0.465 e. The van der Waals surface area contributed by atoms with Crippen LogP contribution in [0.3, 0.4) is 0 Å². The van der Waals surface area contributed by atoms with Crippen LogP contribution in [0.25, 0.3) is 0 Å². The molecule has 0 aliphatic rings. The van der Waals surface area contributed by atoms with Crippen molar-refractivity contribution in [1.82, 2.24) is 5.32 Å². The number of esters is 1. The van der Waals surface area contributed by atoms with Crippen LogP contribution in [0.2, 0.25) is 5.02 Å². The fourth-order valence-corrected chi connectivity index (χ4v) is 1.47. The zero-order valence-electron chi connectivity index (χ0n) is 11.3. The molecular formula is C13H17ClN2O3. The maximum absolute atomic E-state index is 12.1. The monoisotopic (exact) mass is 284 g/mol. The lowest BCUT2D eigenvalue weighted by Crippen LogP contribution is -2.48. The molecule has 2 N–H and O–H groups in total. The molecule has 1 amide bonds. The van der Waals surface area contributed by atoms with Crippen molar-refractivity contribution in [1.29, 1.82) is 0 Å². The highest BCUT2D eigenvalue weighted by atomic mass is 35.5. The van der Waals surface area contributed by atoms with Gasteiger partial charge in [0, 0.05) is 5.02 Å². The quantitative estimate of drug-likeness (QED) is 0.831. The number of ether oxygens (including phenoxy) is 1. The second kappa shape index (κ2) is 6.04. The Hall–Kier alpha value is -1.59. The first-order valence-electron chi connectivity index (χ1n) is 5.70. The Balaban J connectivity index is 3.08. The van der Waals surface area contributed by atoms with E-state index in [1.165, 1.54) is 13.2 Å². The summed E-state index contributed by atoms with van der Waals surface area (Å²) in [6.45, 7) is 3.46. The molecule has 19 heavy (non-hydrogen) atoms. The fraction of sp³-hybridized carbons (Fsp3) is 0.385. The number of anilines is 1. The molecular weight excluding hydrogens is 268 g/mol. The van der Waals surface area contributed by atoms with Gasteiger partial charge in [-0.3, -0.25) is 4.79 Å². The van der Waals surface area contributed by atoms with E-state index >= 15 is 0 Å². The SMILES string of the molecule is CNC(C)(C)C(=O)Nc1ccc(Cl)cc1C(=O)OC. The minimum absolute atomic E-state index is 0.218. The molecule has 1 rings (SSSR count). The molecule has 5 nitrogen and oxygen atoms in total. The van der Waals surface area contributed by atoms with Crippen molar-refractivity contribution in [3.8, 4) is 0 Å². The van der Waals surface area contributed by atoms with Gasteiger partial charge in [-0.25, -0.2) is 4.79 Å². The number of methoxy groups -OCH3 is 1. The second-order valence-corrected chi connectivity index (χ2v) is 4.95. The highest BCUT2D eigenvalue weighted by Gasteiger charge is 2.26. The van der Waals surface area contributed by atoms with Gasteiger partial charge in [0.25, 0.3) is 0 Å². The van der Waals surface area contributed by atoms with E-state index in [1.807, 2.05) is 0 Å². The number of likely N-dealkylation sites (N-methyl/N-ethyl adjacent to an activating group) is 1. The van der Waals surface area contributed by atoms with Crippen LogP contribution in [0.4, 0.5) is 5.69 Å². The molecule has 0 saturated carbocycles. The molecule has 0 aromatic heterocycles. The zero-order valence-corrected chi connectivity index (χ0v) is 12.1. The van der Waals surface area contributed by atoms with Crippen molar-refractivity contribution >= 4 is 29.2 Å². The summed E-state index contributed by atoms with van der Waals surface area (Å²) in [4.78, 5) is 23.7. The van der Waals surface area contributed by atoms with E-state index < -0.39 is 11.5 Å². The maximum atomic E-state index is 12.1. The molecule has 0 bridgehead atoms. The average Bonchev–Trinajstić information content (AvgIpc) is 2.39. The largest absolute Gasteiger partial charge is 0.465 e. The molecule has 0 fully saturated rings. The van der Waals surface area contributed by atoms with Gasteiger partial charge in [0.05, 0.1) is 23.9 Å². The number of nitrogens with one attached hydrogen (secondary N) is 2. The van der Waals surface area contributed by atoms with E-state index in [-0.39, 0.29) is 11.5 Å². The summed E-state index contributed by atoms with van der Waals surface area (Å²) in [5.74, 6) is -0.817. The van der Waals surface area contributed by atoms with Crippen molar-refractivity contribution in [3.05, 3.63) is 28.8 Å².